The second-order valence-electron chi connectivity index (χ2n) is 7.10. The van der Waals surface area contributed by atoms with Gasteiger partial charge in [0.25, 0.3) is 5.22 Å². The van der Waals surface area contributed by atoms with E-state index in [1.165, 1.54) is 11.8 Å². The Kier molecular flexibility index (Phi) is 6.22. The fraction of sp³-hybridized carbons (Fsp3) is 0.273. The molecular formula is C22H22N4O4S. The predicted molar refractivity (Wildman–Crippen MR) is 117 cm³/mol. The molecule has 2 aromatic carbocycles. The van der Waals surface area contributed by atoms with Gasteiger partial charge in [-0.2, -0.15) is 4.98 Å². The van der Waals surface area contributed by atoms with Crippen LogP contribution < -0.4 is 10.1 Å². The highest BCUT2D eigenvalue weighted by Crippen LogP contribution is 2.27. The van der Waals surface area contributed by atoms with Gasteiger partial charge < -0.3 is 19.0 Å². The highest BCUT2D eigenvalue weighted by Gasteiger charge is 2.13. The van der Waals surface area contributed by atoms with Gasteiger partial charge in [-0.05, 0) is 49.2 Å². The average molecular weight is 439 g/mol. The largest absolute Gasteiger partial charge is 0.495 e. The number of fused-ring (bicyclic) bond motifs is 1. The summed E-state index contributed by atoms with van der Waals surface area (Å²) in [6.45, 7) is 3.97. The van der Waals surface area contributed by atoms with E-state index in [-0.39, 0.29) is 12.3 Å². The van der Waals surface area contributed by atoms with E-state index in [4.69, 9.17) is 13.7 Å². The third-order valence-electron chi connectivity index (χ3n) is 4.55. The maximum Gasteiger partial charge on any atom is 0.257 e. The summed E-state index contributed by atoms with van der Waals surface area (Å²) in [5.74, 6) is 1.86. The van der Waals surface area contributed by atoms with Gasteiger partial charge in [0.1, 0.15) is 11.3 Å². The van der Waals surface area contributed by atoms with E-state index in [1.54, 1.807) is 7.11 Å². The fourth-order valence-corrected chi connectivity index (χ4v) is 3.69. The Balaban J connectivity index is 1.29. The van der Waals surface area contributed by atoms with Crippen LogP contribution in [0.1, 0.15) is 29.3 Å². The molecule has 1 amide bonds. The number of carbonyl (C=O) groups excluding carboxylic acids is 1. The number of anilines is 1. The smallest absolute Gasteiger partial charge is 0.257 e. The van der Waals surface area contributed by atoms with E-state index in [2.05, 4.69) is 20.4 Å². The number of methoxy groups -OCH3 is 1. The molecule has 0 unspecified atom stereocenters. The number of oxazole rings is 1. The highest BCUT2D eigenvalue weighted by molar-refractivity contribution is 7.98. The molecular weight excluding hydrogens is 416 g/mol. The number of rotatable bonds is 8. The van der Waals surface area contributed by atoms with Crippen LogP contribution in [0.25, 0.3) is 11.1 Å². The fourth-order valence-electron chi connectivity index (χ4n) is 3.01. The first-order valence-electron chi connectivity index (χ1n) is 9.76. The van der Waals surface area contributed by atoms with Crippen LogP contribution in [0.15, 0.2) is 50.6 Å². The summed E-state index contributed by atoms with van der Waals surface area (Å²) >= 11 is 1.39. The zero-order valence-corrected chi connectivity index (χ0v) is 18.3. The Morgan fingerprint density at radius 3 is 2.77 bits per heavy atom. The van der Waals surface area contributed by atoms with Gasteiger partial charge in [-0.15, -0.1) is 0 Å². The number of carbonyl (C=O) groups is 1. The van der Waals surface area contributed by atoms with Crippen LogP contribution >= 0.6 is 11.8 Å². The van der Waals surface area contributed by atoms with Crippen molar-refractivity contribution in [3.05, 3.63) is 59.2 Å². The molecule has 0 saturated heterocycles. The monoisotopic (exact) mass is 438 g/mol. The van der Waals surface area contributed by atoms with Crippen LogP contribution in [0.3, 0.4) is 0 Å². The number of nitrogens with one attached hydrogen (secondary N) is 1. The summed E-state index contributed by atoms with van der Waals surface area (Å²) in [6, 6.07) is 11.5. The van der Waals surface area contributed by atoms with Crippen molar-refractivity contribution in [2.24, 2.45) is 0 Å². The number of hydrogen-bond donors (Lipinski definition) is 1. The minimum Gasteiger partial charge on any atom is -0.495 e. The number of ether oxygens (including phenoxy) is 1. The Morgan fingerprint density at radius 2 is 1.94 bits per heavy atom. The van der Waals surface area contributed by atoms with E-state index in [0.717, 1.165) is 22.2 Å². The summed E-state index contributed by atoms with van der Waals surface area (Å²) in [5, 5.41) is 7.39. The standard InChI is InChI=1S/C22H22N4O4S/c1-13-4-6-17(28-3)15(10-13)23-20(27)8-9-21-25-19(26-30-21)12-31-22-24-16-11-14(2)5-7-18(16)29-22/h4-7,10-11H,8-9,12H2,1-3H3,(H,23,27). The Labute approximate surface area is 183 Å². The number of hydrogen-bond acceptors (Lipinski definition) is 8. The van der Waals surface area contributed by atoms with Crippen LogP contribution in [-0.4, -0.2) is 28.1 Å². The van der Waals surface area contributed by atoms with Crippen molar-refractivity contribution in [3.63, 3.8) is 0 Å². The van der Waals surface area contributed by atoms with Crippen molar-refractivity contribution in [3.8, 4) is 5.75 Å². The summed E-state index contributed by atoms with van der Waals surface area (Å²) < 4.78 is 16.3. The number of benzene rings is 2. The first kappa shape index (κ1) is 20.9. The van der Waals surface area contributed by atoms with E-state index in [1.807, 2.05) is 50.2 Å². The molecule has 0 aliphatic carbocycles. The lowest BCUT2D eigenvalue weighted by Crippen LogP contribution is -2.13. The second kappa shape index (κ2) is 9.22. The molecule has 31 heavy (non-hydrogen) atoms. The number of aryl methyl sites for hydroxylation is 3. The number of amides is 1. The second-order valence-corrected chi connectivity index (χ2v) is 8.02. The van der Waals surface area contributed by atoms with Gasteiger partial charge in [0.15, 0.2) is 11.4 Å². The molecule has 0 atom stereocenters. The van der Waals surface area contributed by atoms with Gasteiger partial charge in [-0.25, -0.2) is 4.98 Å². The van der Waals surface area contributed by atoms with Gasteiger partial charge in [0.05, 0.1) is 18.6 Å². The molecule has 0 saturated carbocycles. The zero-order chi connectivity index (χ0) is 21.8. The molecule has 1 N–H and O–H groups in total. The number of aromatic nitrogens is 3. The predicted octanol–water partition coefficient (Wildman–Crippen LogP) is 4.70. The molecule has 0 fully saturated rings. The quantitative estimate of drug-likeness (QED) is 0.395. The van der Waals surface area contributed by atoms with E-state index < -0.39 is 0 Å². The van der Waals surface area contributed by atoms with Gasteiger partial charge >= 0.3 is 0 Å². The molecule has 2 heterocycles. The highest BCUT2D eigenvalue weighted by atomic mass is 32.2. The molecule has 0 bridgehead atoms. The summed E-state index contributed by atoms with van der Waals surface area (Å²) in [7, 11) is 1.57. The molecule has 0 aliphatic rings. The van der Waals surface area contributed by atoms with E-state index in [9.17, 15) is 4.79 Å². The molecule has 8 nitrogen and oxygen atoms in total. The first-order valence-corrected chi connectivity index (χ1v) is 10.7. The molecule has 0 spiro atoms. The van der Waals surface area contributed by atoms with Crippen LogP contribution in [0.5, 0.6) is 5.75 Å². The molecule has 2 aromatic heterocycles. The van der Waals surface area contributed by atoms with Crippen LogP contribution in [0.4, 0.5) is 5.69 Å². The SMILES string of the molecule is COc1ccc(C)cc1NC(=O)CCc1nc(CSc2nc3cc(C)ccc3o2)no1. The molecule has 0 aliphatic heterocycles. The van der Waals surface area contributed by atoms with Crippen LogP contribution in [0, 0.1) is 13.8 Å². The first-order chi connectivity index (χ1) is 15.0. The summed E-state index contributed by atoms with van der Waals surface area (Å²) in [4.78, 5) is 21.1. The van der Waals surface area contributed by atoms with Gasteiger partial charge in [0, 0.05) is 12.8 Å². The lowest BCUT2D eigenvalue weighted by atomic mass is 10.2. The maximum absolute atomic E-state index is 12.3. The van der Waals surface area contributed by atoms with Crippen molar-refractivity contribution in [2.75, 3.05) is 12.4 Å². The summed E-state index contributed by atoms with van der Waals surface area (Å²) in [6.07, 6.45) is 0.566. The van der Waals surface area contributed by atoms with Crippen LogP contribution in [-0.2, 0) is 17.0 Å². The molecule has 4 rings (SSSR count). The Hall–Kier alpha value is -3.33. The van der Waals surface area contributed by atoms with Crippen molar-refractivity contribution >= 4 is 34.5 Å². The van der Waals surface area contributed by atoms with Crippen LogP contribution in [0.2, 0.25) is 0 Å². The average Bonchev–Trinajstić information content (AvgIpc) is 3.37. The lowest BCUT2D eigenvalue weighted by molar-refractivity contribution is -0.116. The number of thioether (sulfide) groups is 1. The normalized spacial score (nSPS) is 11.1. The van der Waals surface area contributed by atoms with Crippen molar-refractivity contribution in [1.29, 1.82) is 0 Å². The van der Waals surface area contributed by atoms with E-state index in [0.29, 0.717) is 40.5 Å². The lowest BCUT2D eigenvalue weighted by Gasteiger charge is -2.10. The topological polar surface area (TPSA) is 103 Å². The third-order valence-corrected chi connectivity index (χ3v) is 5.38. The van der Waals surface area contributed by atoms with Gasteiger partial charge in [-0.3, -0.25) is 4.79 Å². The van der Waals surface area contributed by atoms with E-state index >= 15 is 0 Å². The van der Waals surface area contributed by atoms with Crippen molar-refractivity contribution < 1.29 is 18.5 Å². The van der Waals surface area contributed by atoms with Crippen molar-refractivity contribution in [1.82, 2.24) is 15.1 Å². The third kappa shape index (κ3) is 5.24. The Bertz CT molecular complexity index is 1220. The molecule has 160 valence electrons. The zero-order valence-electron chi connectivity index (χ0n) is 17.5. The minimum absolute atomic E-state index is 0.153. The van der Waals surface area contributed by atoms with Gasteiger partial charge in [0.2, 0.25) is 11.8 Å². The van der Waals surface area contributed by atoms with Gasteiger partial charge in [-0.1, -0.05) is 29.1 Å². The molecule has 4 aromatic rings. The molecule has 9 heteroatoms. The number of nitrogens with zero attached hydrogens (tertiary/aromatic N) is 3. The van der Waals surface area contributed by atoms with Crippen molar-refractivity contribution in [2.45, 2.75) is 37.7 Å². The minimum atomic E-state index is -0.153. The Morgan fingerprint density at radius 1 is 1.13 bits per heavy atom. The molecule has 0 radical (unpaired) electrons. The summed E-state index contributed by atoms with van der Waals surface area (Å²) in [5.41, 5.74) is 4.38. The maximum atomic E-state index is 12.3.